The zero-order valence-electron chi connectivity index (χ0n) is 17.6. The van der Waals surface area contributed by atoms with E-state index in [1.54, 1.807) is 30.3 Å². The molecule has 0 bridgehead atoms. The average molecular weight is 436 g/mol. The lowest BCUT2D eigenvalue weighted by molar-refractivity contribution is 0.262. The van der Waals surface area contributed by atoms with Crippen molar-refractivity contribution in [2.24, 2.45) is 0 Å². The summed E-state index contributed by atoms with van der Waals surface area (Å²) in [5, 5.41) is 5.68. The minimum absolute atomic E-state index is 0.279. The van der Waals surface area contributed by atoms with Crippen molar-refractivity contribution in [2.45, 2.75) is 31.7 Å². The Morgan fingerprint density at radius 3 is 2.23 bits per heavy atom. The maximum absolute atomic E-state index is 13.0. The first-order chi connectivity index (χ1) is 14.8. The third-order valence-corrected chi connectivity index (χ3v) is 7.45. The lowest BCUT2D eigenvalue weighted by Crippen LogP contribution is -2.36. The first-order valence-electron chi connectivity index (χ1n) is 10.2. The van der Waals surface area contributed by atoms with Crippen LogP contribution in [0, 0.1) is 13.8 Å². The number of urea groups is 1. The molecule has 0 unspecified atom stereocenters. The van der Waals surface area contributed by atoms with Crippen LogP contribution in [0.2, 0.25) is 0 Å². The van der Waals surface area contributed by atoms with Crippen LogP contribution in [-0.4, -0.2) is 25.3 Å². The van der Waals surface area contributed by atoms with Crippen molar-refractivity contribution in [1.29, 1.82) is 0 Å². The van der Waals surface area contributed by atoms with E-state index in [0.717, 1.165) is 27.9 Å². The molecule has 1 aliphatic heterocycles. The summed E-state index contributed by atoms with van der Waals surface area (Å²) >= 11 is 0. The second kappa shape index (κ2) is 8.53. The van der Waals surface area contributed by atoms with Gasteiger partial charge in [-0.1, -0.05) is 30.3 Å². The molecule has 2 amide bonds. The Morgan fingerprint density at radius 1 is 0.839 bits per heavy atom. The van der Waals surface area contributed by atoms with Crippen molar-refractivity contribution >= 4 is 27.4 Å². The van der Waals surface area contributed by atoms with E-state index < -0.39 is 10.0 Å². The highest BCUT2D eigenvalue weighted by Crippen LogP contribution is 2.27. The number of hydrogen-bond donors (Lipinski definition) is 2. The molecule has 0 saturated carbocycles. The number of nitrogens with zero attached hydrogens (tertiary/aromatic N) is 1. The van der Waals surface area contributed by atoms with Gasteiger partial charge in [0.1, 0.15) is 0 Å². The molecule has 2 N–H and O–H groups in total. The zero-order chi connectivity index (χ0) is 22.0. The van der Waals surface area contributed by atoms with E-state index in [9.17, 15) is 13.2 Å². The summed E-state index contributed by atoms with van der Waals surface area (Å²) in [4.78, 5) is 12.7. The Kier molecular flexibility index (Phi) is 5.80. The first-order valence-corrected chi connectivity index (χ1v) is 11.6. The van der Waals surface area contributed by atoms with E-state index in [4.69, 9.17) is 0 Å². The topological polar surface area (TPSA) is 78.5 Å². The summed E-state index contributed by atoms with van der Waals surface area (Å²) in [6.45, 7) is 4.73. The predicted molar refractivity (Wildman–Crippen MR) is 123 cm³/mol. The van der Waals surface area contributed by atoms with Crippen molar-refractivity contribution in [3.63, 3.8) is 0 Å². The number of fused-ring (bicyclic) bond motifs is 1. The van der Waals surface area contributed by atoms with Gasteiger partial charge in [0.15, 0.2) is 0 Å². The monoisotopic (exact) mass is 435 g/mol. The number of nitrogens with one attached hydrogen (secondary N) is 2. The van der Waals surface area contributed by atoms with Gasteiger partial charge in [-0.3, -0.25) is 0 Å². The summed E-state index contributed by atoms with van der Waals surface area (Å²) in [6.07, 6.45) is 0.635. The van der Waals surface area contributed by atoms with Gasteiger partial charge in [0.2, 0.25) is 10.0 Å². The van der Waals surface area contributed by atoms with Gasteiger partial charge in [-0.05, 0) is 78.9 Å². The highest BCUT2D eigenvalue weighted by Gasteiger charge is 2.28. The molecule has 6 nitrogen and oxygen atoms in total. The van der Waals surface area contributed by atoms with E-state index in [-0.39, 0.29) is 12.6 Å². The molecule has 7 heteroatoms. The Balaban J connectivity index is 1.48. The molecule has 3 aromatic rings. The van der Waals surface area contributed by atoms with Gasteiger partial charge in [0.05, 0.1) is 4.90 Å². The molecule has 0 saturated heterocycles. The van der Waals surface area contributed by atoms with Crippen LogP contribution in [0.4, 0.5) is 16.2 Å². The van der Waals surface area contributed by atoms with Crippen LogP contribution in [0.1, 0.15) is 22.3 Å². The average Bonchev–Trinajstić information content (AvgIpc) is 2.76. The number of carbonyl (C=O) groups excluding carboxylic acids is 1. The SMILES string of the molecule is Cc1ccc(NC(=O)Nc2ccc3c(c2)CN(S(=O)(=O)c2ccccc2)CC3)cc1C. The maximum atomic E-state index is 13.0. The van der Waals surface area contributed by atoms with Crippen molar-refractivity contribution in [3.05, 3.63) is 89.0 Å². The van der Waals surface area contributed by atoms with Gasteiger partial charge >= 0.3 is 6.03 Å². The van der Waals surface area contributed by atoms with Gasteiger partial charge in [-0.25, -0.2) is 13.2 Å². The second-order valence-corrected chi connectivity index (χ2v) is 9.70. The lowest BCUT2D eigenvalue weighted by atomic mass is 10.0. The Hall–Kier alpha value is -3.16. The molecule has 0 spiro atoms. The van der Waals surface area contributed by atoms with Crippen LogP contribution < -0.4 is 10.6 Å². The minimum Gasteiger partial charge on any atom is -0.308 e. The number of hydrogen-bond acceptors (Lipinski definition) is 3. The highest BCUT2D eigenvalue weighted by atomic mass is 32.2. The van der Waals surface area contributed by atoms with E-state index in [0.29, 0.717) is 23.5 Å². The van der Waals surface area contributed by atoms with Crippen LogP contribution in [0.25, 0.3) is 0 Å². The molecule has 1 heterocycles. The number of amides is 2. The van der Waals surface area contributed by atoms with Crippen LogP contribution in [-0.2, 0) is 23.0 Å². The molecule has 0 aromatic heterocycles. The third-order valence-electron chi connectivity index (χ3n) is 5.59. The maximum Gasteiger partial charge on any atom is 0.323 e. The molecular weight excluding hydrogens is 410 g/mol. The smallest absolute Gasteiger partial charge is 0.308 e. The van der Waals surface area contributed by atoms with Gasteiger partial charge in [0, 0.05) is 24.5 Å². The minimum atomic E-state index is -3.56. The van der Waals surface area contributed by atoms with E-state index >= 15 is 0 Å². The molecule has 0 radical (unpaired) electrons. The molecule has 3 aromatic carbocycles. The molecule has 1 aliphatic rings. The molecule has 31 heavy (non-hydrogen) atoms. The Labute approximate surface area is 183 Å². The van der Waals surface area contributed by atoms with Crippen molar-refractivity contribution in [1.82, 2.24) is 4.31 Å². The number of carbonyl (C=O) groups is 1. The van der Waals surface area contributed by atoms with Crippen LogP contribution in [0.3, 0.4) is 0 Å². The molecule has 0 atom stereocenters. The van der Waals surface area contributed by atoms with Crippen molar-refractivity contribution < 1.29 is 13.2 Å². The number of rotatable bonds is 4. The fraction of sp³-hybridized carbons (Fsp3) is 0.208. The van der Waals surface area contributed by atoms with Gasteiger partial charge in [0.25, 0.3) is 0 Å². The largest absolute Gasteiger partial charge is 0.323 e. The normalized spacial score (nSPS) is 14.0. The van der Waals surface area contributed by atoms with Crippen LogP contribution >= 0.6 is 0 Å². The van der Waals surface area contributed by atoms with E-state index in [1.807, 2.05) is 50.2 Å². The second-order valence-electron chi connectivity index (χ2n) is 7.76. The van der Waals surface area contributed by atoms with Gasteiger partial charge in [-0.2, -0.15) is 4.31 Å². The quantitative estimate of drug-likeness (QED) is 0.624. The van der Waals surface area contributed by atoms with Crippen LogP contribution in [0.5, 0.6) is 0 Å². The summed E-state index contributed by atoms with van der Waals surface area (Å²) in [5.41, 5.74) is 5.61. The molecule has 0 aliphatic carbocycles. The van der Waals surface area contributed by atoms with Gasteiger partial charge in [-0.15, -0.1) is 0 Å². The fourth-order valence-corrected chi connectivity index (χ4v) is 5.11. The highest BCUT2D eigenvalue weighted by molar-refractivity contribution is 7.89. The molecule has 4 rings (SSSR count). The molecular formula is C24H25N3O3S. The number of anilines is 2. The zero-order valence-corrected chi connectivity index (χ0v) is 18.4. The molecule has 160 valence electrons. The van der Waals surface area contributed by atoms with E-state index in [1.165, 1.54) is 4.31 Å². The Bertz CT molecular complexity index is 1220. The lowest BCUT2D eigenvalue weighted by Gasteiger charge is -2.28. The molecule has 0 fully saturated rings. The summed E-state index contributed by atoms with van der Waals surface area (Å²) in [6, 6.07) is 19.5. The first kappa shape index (κ1) is 21.1. The van der Waals surface area contributed by atoms with Crippen LogP contribution in [0.15, 0.2) is 71.6 Å². The van der Waals surface area contributed by atoms with Gasteiger partial charge < -0.3 is 10.6 Å². The Morgan fingerprint density at radius 2 is 1.52 bits per heavy atom. The summed E-state index contributed by atoms with van der Waals surface area (Å²) < 4.78 is 27.4. The number of aryl methyl sites for hydroxylation is 2. The van der Waals surface area contributed by atoms with E-state index in [2.05, 4.69) is 10.6 Å². The van der Waals surface area contributed by atoms with Crippen molar-refractivity contribution in [3.8, 4) is 0 Å². The predicted octanol–water partition coefficient (Wildman–Crippen LogP) is 4.69. The summed E-state index contributed by atoms with van der Waals surface area (Å²) in [7, 11) is -3.56. The summed E-state index contributed by atoms with van der Waals surface area (Å²) in [5.74, 6) is 0. The third kappa shape index (κ3) is 4.62. The fourth-order valence-electron chi connectivity index (χ4n) is 3.67. The standard InChI is InChI=1S/C24H25N3O3S/c1-17-8-10-21(14-18(17)2)25-24(28)26-22-11-9-19-12-13-27(16-20(19)15-22)31(29,30)23-6-4-3-5-7-23/h3-11,14-15H,12-13,16H2,1-2H3,(H2,25,26,28). The number of benzene rings is 3. The number of sulfonamides is 1. The van der Waals surface area contributed by atoms with Crippen molar-refractivity contribution in [2.75, 3.05) is 17.2 Å².